The molecule has 1 saturated carbocycles. The van der Waals surface area contributed by atoms with Crippen LogP contribution in [-0.2, 0) is 10.0 Å². The molecule has 1 aliphatic rings. The number of nitrogens with one attached hydrogen (secondary N) is 3. The first-order valence-corrected chi connectivity index (χ1v) is 13.7. The summed E-state index contributed by atoms with van der Waals surface area (Å²) in [5, 5.41) is 22.5. The number of anilines is 1. The molecule has 36 heavy (non-hydrogen) atoms. The molecule has 0 saturated heterocycles. The topological polar surface area (TPSA) is 116 Å². The number of H-pyrrole nitrogens is 1. The van der Waals surface area contributed by atoms with Crippen LogP contribution in [0, 0.1) is 0 Å². The van der Waals surface area contributed by atoms with E-state index in [1.807, 2.05) is 12.1 Å². The summed E-state index contributed by atoms with van der Waals surface area (Å²) in [6.07, 6.45) is 2.91. The third-order valence-electron chi connectivity index (χ3n) is 6.52. The maximum Gasteiger partial charge on any atom is 0.261 e. The number of hydrogen-bond acceptors (Lipinski definition) is 6. The largest absolute Gasteiger partial charge is 0.492 e. The van der Waals surface area contributed by atoms with E-state index in [4.69, 9.17) is 4.74 Å². The van der Waals surface area contributed by atoms with E-state index in [9.17, 15) is 13.5 Å². The molecule has 0 amide bonds. The highest BCUT2D eigenvalue weighted by atomic mass is 32.2. The number of benzene rings is 3. The van der Waals surface area contributed by atoms with Crippen molar-refractivity contribution in [3.8, 4) is 5.75 Å². The molecule has 1 atom stereocenters. The third kappa shape index (κ3) is 5.53. The first kappa shape index (κ1) is 24.3. The predicted molar refractivity (Wildman–Crippen MR) is 140 cm³/mol. The van der Waals surface area contributed by atoms with Gasteiger partial charge in [0.05, 0.1) is 22.2 Å². The fourth-order valence-corrected chi connectivity index (χ4v) is 5.39. The molecule has 1 fully saturated rings. The second-order valence-electron chi connectivity index (χ2n) is 9.06. The average Bonchev–Trinajstić information content (AvgIpc) is 3.26. The lowest BCUT2D eigenvalue weighted by Gasteiger charge is -2.23. The van der Waals surface area contributed by atoms with Crippen LogP contribution in [0.15, 0.2) is 77.7 Å². The summed E-state index contributed by atoms with van der Waals surface area (Å²) in [4.78, 5) is 0.183. The van der Waals surface area contributed by atoms with Gasteiger partial charge in [-0.25, -0.2) is 8.42 Å². The molecular weight excluding hydrogens is 476 g/mol. The minimum absolute atomic E-state index is 0.183. The van der Waals surface area contributed by atoms with Crippen LogP contribution in [0.3, 0.4) is 0 Å². The van der Waals surface area contributed by atoms with Crippen molar-refractivity contribution in [2.24, 2.45) is 0 Å². The SMILES string of the molecule is O=S(=O)(Nc1cccc([C@@H](O)CNCCOc2ccc3c(C4CCC4)n[nH]c3c2)c1)c1ccccc1. The van der Waals surface area contributed by atoms with Crippen LogP contribution in [0.4, 0.5) is 5.69 Å². The molecule has 5 rings (SSSR count). The lowest BCUT2D eigenvalue weighted by atomic mass is 9.82. The van der Waals surface area contributed by atoms with Gasteiger partial charge in [0.1, 0.15) is 12.4 Å². The first-order chi connectivity index (χ1) is 17.5. The summed E-state index contributed by atoms with van der Waals surface area (Å²) in [7, 11) is -3.69. The van der Waals surface area contributed by atoms with Crippen LogP contribution in [0.1, 0.15) is 42.5 Å². The second kappa shape index (κ2) is 10.7. The molecule has 9 heteroatoms. The number of aliphatic hydroxyl groups excluding tert-OH is 1. The number of aliphatic hydroxyl groups is 1. The van der Waals surface area contributed by atoms with E-state index in [1.165, 1.54) is 36.8 Å². The van der Waals surface area contributed by atoms with Gasteiger partial charge in [-0.1, -0.05) is 36.8 Å². The van der Waals surface area contributed by atoms with E-state index in [-0.39, 0.29) is 4.90 Å². The van der Waals surface area contributed by atoms with Crippen molar-refractivity contribution in [1.82, 2.24) is 15.5 Å². The molecule has 188 valence electrons. The van der Waals surface area contributed by atoms with Crippen molar-refractivity contribution in [2.75, 3.05) is 24.4 Å². The number of hydrogen-bond donors (Lipinski definition) is 4. The standard InChI is InChI=1S/C27H30N4O4S/c32-26(20-8-5-9-21(16-20)31-36(33,34)23-10-2-1-3-11-23)18-28-14-15-35-22-12-13-24-25(17-22)29-30-27(24)19-6-4-7-19/h1-3,5,8-13,16-17,19,26,28,31-32H,4,6-7,14-15,18H2,(H,29,30)/t26-/m0/s1. The Morgan fingerprint density at radius 1 is 1.06 bits per heavy atom. The van der Waals surface area contributed by atoms with E-state index in [1.54, 1.807) is 42.5 Å². The minimum atomic E-state index is -3.69. The molecule has 0 aliphatic heterocycles. The summed E-state index contributed by atoms with van der Waals surface area (Å²) in [5.74, 6) is 1.35. The Morgan fingerprint density at radius 2 is 1.89 bits per heavy atom. The molecule has 1 heterocycles. The van der Waals surface area contributed by atoms with Crippen molar-refractivity contribution in [1.29, 1.82) is 0 Å². The highest BCUT2D eigenvalue weighted by molar-refractivity contribution is 7.92. The zero-order valence-corrected chi connectivity index (χ0v) is 20.7. The molecule has 3 aromatic carbocycles. The van der Waals surface area contributed by atoms with Crippen molar-refractivity contribution in [3.05, 3.63) is 84.1 Å². The van der Waals surface area contributed by atoms with E-state index >= 15 is 0 Å². The van der Waals surface area contributed by atoms with E-state index in [0.29, 0.717) is 36.9 Å². The summed E-state index contributed by atoms with van der Waals surface area (Å²) >= 11 is 0. The summed E-state index contributed by atoms with van der Waals surface area (Å²) in [5.41, 5.74) is 3.16. The predicted octanol–water partition coefficient (Wildman–Crippen LogP) is 4.33. The molecule has 4 aromatic rings. The molecule has 8 nitrogen and oxygen atoms in total. The number of ether oxygens (including phenoxy) is 1. The Labute approximate surface area is 210 Å². The Balaban J connectivity index is 1.09. The maximum atomic E-state index is 12.6. The Morgan fingerprint density at radius 3 is 2.67 bits per heavy atom. The van der Waals surface area contributed by atoms with Crippen LogP contribution in [0.2, 0.25) is 0 Å². The molecule has 0 spiro atoms. The Kier molecular flexibility index (Phi) is 7.22. The van der Waals surface area contributed by atoms with Crippen LogP contribution < -0.4 is 14.8 Å². The quantitative estimate of drug-likeness (QED) is 0.225. The van der Waals surface area contributed by atoms with Gasteiger partial charge >= 0.3 is 0 Å². The average molecular weight is 507 g/mol. The fraction of sp³-hybridized carbons (Fsp3) is 0.296. The summed E-state index contributed by atoms with van der Waals surface area (Å²) in [6, 6.07) is 21.0. The van der Waals surface area contributed by atoms with Gasteiger partial charge in [0, 0.05) is 36.1 Å². The van der Waals surface area contributed by atoms with Gasteiger partial charge in [0.25, 0.3) is 10.0 Å². The number of aromatic nitrogens is 2. The second-order valence-corrected chi connectivity index (χ2v) is 10.7. The molecular formula is C27H30N4O4S. The lowest BCUT2D eigenvalue weighted by Crippen LogP contribution is -2.26. The van der Waals surface area contributed by atoms with Crippen molar-refractivity contribution < 1.29 is 18.3 Å². The van der Waals surface area contributed by atoms with Crippen LogP contribution in [-0.4, -0.2) is 43.4 Å². The molecule has 0 bridgehead atoms. The van der Waals surface area contributed by atoms with Crippen molar-refractivity contribution in [3.63, 3.8) is 0 Å². The van der Waals surface area contributed by atoms with Gasteiger partial charge in [0.15, 0.2) is 0 Å². The maximum absolute atomic E-state index is 12.6. The number of nitrogens with zero attached hydrogens (tertiary/aromatic N) is 1. The number of sulfonamides is 1. The number of fused-ring (bicyclic) bond motifs is 1. The van der Waals surface area contributed by atoms with Crippen LogP contribution >= 0.6 is 0 Å². The minimum Gasteiger partial charge on any atom is -0.492 e. The molecule has 1 aliphatic carbocycles. The summed E-state index contributed by atoms with van der Waals surface area (Å²) in [6.45, 7) is 1.30. The van der Waals surface area contributed by atoms with E-state index in [0.717, 1.165) is 17.0 Å². The lowest BCUT2D eigenvalue weighted by molar-refractivity contribution is 0.172. The van der Waals surface area contributed by atoms with Gasteiger partial charge in [0.2, 0.25) is 0 Å². The van der Waals surface area contributed by atoms with Crippen LogP contribution in [0.5, 0.6) is 5.75 Å². The monoisotopic (exact) mass is 506 g/mol. The van der Waals surface area contributed by atoms with E-state index in [2.05, 4.69) is 26.3 Å². The molecule has 0 radical (unpaired) electrons. The van der Waals surface area contributed by atoms with Crippen molar-refractivity contribution in [2.45, 2.75) is 36.2 Å². The van der Waals surface area contributed by atoms with Gasteiger partial charge in [-0.15, -0.1) is 0 Å². The third-order valence-corrected chi connectivity index (χ3v) is 7.92. The fourth-order valence-electron chi connectivity index (χ4n) is 4.32. The normalized spacial score (nSPS) is 14.9. The van der Waals surface area contributed by atoms with Crippen molar-refractivity contribution >= 4 is 26.6 Å². The highest BCUT2D eigenvalue weighted by Gasteiger charge is 2.24. The number of rotatable bonds is 11. The van der Waals surface area contributed by atoms with Crippen LogP contribution in [0.25, 0.3) is 10.9 Å². The van der Waals surface area contributed by atoms with Gasteiger partial charge in [-0.05, 0) is 54.8 Å². The highest BCUT2D eigenvalue weighted by Crippen LogP contribution is 2.38. The summed E-state index contributed by atoms with van der Waals surface area (Å²) < 4.78 is 33.5. The Bertz CT molecular complexity index is 1420. The number of aromatic amines is 1. The molecule has 0 unspecified atom stereocenters. The zero-order valence-electron chi connectivity index (χ0n) is 19.9. The molecule has 1 aromatic heterocycles. The Hall–Kier alpha value is -3.40. The van der Waals surface area contributed by atoms with Gasteiger partial charge in [-0.3, -0.25) is 9.82 Å². The molecule has 4 N–H and O–H groups in total. The van der Waals surface area contributed by atoms with Gasteiger partial charge in [-0.2, -0.15) is 5.10 Å². The van der Waals surface area contributed by atoms with E-state index < -0.39 is 16.1 Å². The smallest absolute Gasteiger partial charge is 0.261 e. The zero-order chi connectivity index (χ0) is 25.0. The van der Waals surface area contributed by atoms with Gasteiger partial charge < -0.3 is 15.2 Å². The first-order valence-electron chi connectivity index (χ1n) is 12.2.